The quantitative estimate of drug-likeness (QED) is 0.541. The lowest BCUT2D eigenvalue weighted by Gasteiger charge is -2.02. The van der Waals surface area contributed by atoms with Gasteiger partial charge in [-0.25, -0.2) is 0 Å². The molecule has 0 atom stereocenters. The lowest BCUT2D eigenvalue weighted by atomic mass is 10.2. The number of nitrogens with zero attached hydrogens (tertiary/aromatic N) is 1. The van der Waals surface area contributed by atoms with Gasteiger partial charge in [-0.05, 0) is 25.3 Å². The van der Waals surface area contributed by atoms with Gasteiger partial charge < -0.3 is 0 Å². The molecule has 0 spiro atoms. The number of thioether (sulfide) groups is 1. The average molecular weight is 214 g/mol. The maximum absolute atomic E-state index is 5.79. The van der Waals surface area contributed by atoms with Crippen LogP contribution in [0.1, 0.15) is 12.5 Å². The Kier molecular flexibility index (Phi) is 4.33. The first-order valence-corrected chi connectivity index (χ1v) is 5.72. The van der Waals surface area contributed by atoms with Gasteiger partial charge in [-0.2, -0.15) is 0 Å². The fourth-order valence-corrected chi connectivity index (χ4v) is 1.77. The maximum atomic E-state index is 5.79. The second kappa shape index (κ2) is 5.30. The van der Waals surface area contributed by atoms with Gasteiger partial charge in [-0.15, -0.1) is 11.8 Å². The summed E-state index contributed by atoms with van der Waals surface area (Å²) < 4.78 is 0. The minimum Gasteiger partial charge on any atom is -0.278 e. The normalized spacial score (nSPS) is 11.8. The predicted molar refractivity (Wildman–Crippen MR) is 62.0 cm³/mol. The molecule has 70 valence electrons. The molecule has 0 aliphatic rings. The molecule has 0 amide bonds. The minimum atomic E-state index is 0.765. The van der Waals surface area contributed by atoms with Gasteiger partial charge in [0.05, 0.1) is 5.04 Å². The number of aliphatic imine (C=N–C) groups is 1. The highest BCUT2D eigenvalue weighted by Crippen LogP contribution is 2.14. The minimum absolute atomic E-state index is 0.765. The first kappa shape index (κ1) is 10.6. The molecule has 0 heterocycles. The monoisotopic (exact) mass is 213 g/mol. The molecule has 0 N–H and O–H groups in total. The van der Waals surface area contributed by atoms with E-state index in [1.54, 1.807) is 11.8 Å². The summed E-state index contributed by atoms with van der Waals surface area (Å²) >= 11 is 7.45. The molecule has 0 fully saturated rings. The van der Waals surface area contributed by atoms with E-state index in [0.29, 0.717) is 0 Å². The Bertz CT molecular complexity index is 292. The van der Waals surface area contributed by atoms with Crippen molar-refractivity contribution in [3.63, 3.8) is 0 Å². The van der Waals surface area contributed by atoms with E-state index >= 15 is 0 Å². The average Bonchev–Trinajstić information content (AvgIpc) is 2.16. The van der Waals surface area contributed by atoms with E-state index in [9.17, 15) is 0 Å². The summed E-state index contributed by atoms with van der Waals surface area (Å²) in [6, 6.07) is 7.76. The van der Waals surface area contributed by atoms with Crippen molar-refractivity contribution in [3.8, 4) is 0 Å². The molecule has 0 saturated heterocycles. The van der Waals surface area contributed by atoms with Gasteiger partial charge in [0.15, 0.2) is 0 Å². The van der Waals surface area contributed by atoms with Gasteiger partial charge in [-0.1, -0.05) is 23.7 Å². The van der Waals surface area contributed by atoms with Gasteiger partial charge in [0.2, 0.25) is 0 Å². The molecule has 0 saturated carbocycles. The predicted octanol–water partition coefficient (Wildman–Crippen LogP) is 3.47. The molecule has 0 bridgehead atoms. The van der Waals surface area contributed by atoms with Crippen LogP contribution in [0.5, 0.6) is 0 Å². The third-order valence-corrected chi connectivity index (χ3v) is 2.59. The Hall–Kier alpha value is -0.470. The van der Waals surface area contributed by atoms with Crippen molar-refractivity contribution in [2.24, 2.45) is 4.99 Å². The van der Waals surface area contributed by atoms with E-state index < -0.39 is 0 Å². The zero-order chi connectivity index (χ0) is 9.68. The summed E-state index contributed by atoms with van der Waals surface area (Å²) in [6.07, 6.45) is 2.03. The molecule has 1 rings (SSSR count). The van der Waals surface area contributed by atoms with Crippen LogP contribution in [-0.2, 0) is 0 Å². The van der Waals surface area contributed by atoms with Gasteiger partial charge in [0.1, 0.15) is 0 Å². The fraction of sp³-hybridized carbons (Fsp3) is 0.300. The van der Waals surface area contributed by atoms with Gasteiger partial charge in [0, 0.05) is 17.1 Å². The molecule has 13 heavy (non-hydrogen) atoms. The Morgan fingerprint density at radius 2 is 2.00 bits per heavy atom. The van der Waals surface area contributed by atoms with Crippen LogP contribution in [0.25, 0.3) is 0 Å². The first-order valence-electron chi connectivity index (χ1n) is 4.12. The van der Waals surface area contributed by atoms with Crippen LogP contribution in [0.15, 0.2) is 29.3 Å². The molecule has 1 aromatic rings. The Labute approximate surface area is 88.2 Å². The van der Waals surface area contributed by atoms with Crippen molar-refractivity contribution in [2.45, 2.75) is 6.92 Å². The van der Waals surface area contributed by atoms with Crippen LogP contribution in [0.2, 0.25) is 5.02 Å². The smallest absolute Gasteiger partial charge is 0.0973 e. The maximum Gasteiger partial charge on any atom is 0.0973 e. The highest BCUT2D eigenvalue weighted by Gasteiger charge is 1.99. The van der Waals surface area contributed by atoms with Crippen LogP contribution in [-0.4, -0.2) is 17.8 Å². The van der Waals surface area contributed by atoms with Crippen LogP contribution >= 0.6 is 23.4 Å². The van der Waals surface area contributed by atoms with E-state index in [2.05, 4.69) is 4.99 Å². The van der Waals surface area contributed by atoms with E-state index in [-0.39, 0.29) is 0 Å². The molecule has 0 aliphatic carbocycles. The van der Waals surface area contributed by atoms with Gasteiger partial charge in [-0.3, -0.25) is 4.99 Å². The molecular weight excluding hydrogens is 202 g/mol. The van der Waals surface area contributed by atoms with Crippen molar-refractivity contribution >= 4 is 28.4 Å². The summed E-state index contributed by atoms with van der Waals surface area (Å²) in [5.41, 5.74) is 1.14. The summed E-state index contributed by atoms with van der Waals surface area (Å²) in [4.78, 5) is 4.38. The molecule has 1 aromatic carbocycles. The highest BCUT2D eigenvalue weighted by atomic mass is 35.5. The molecule has 0 aromatic heterocycles. The fourth-order valence-electron chi connectivity index (χ4n) is 1.01. The largest absolute Gasteiger partial charge is 0.278 e. The second-order valence-corrected chi connectivity index (χ2v) is 3.72. The van der Waals surface area contributed by atoms with E-state index in [0.717, 1.165) is 22.2 Å². The van der Waals surface area contributed by atoms with Gasteiger partial charge >= 0.3 is 0 Å². The Balaban J connectivity index is 2.92. The van der Waals surface area contributed by atoms with Crippen molar-refractivity contribution in [3.05, 3.63) is 34.9 Å². The summed E-state index contributed by atoms with van der Waals surface area (Å²) in [6.45, 7) is 2.85. The van der Waals surface area contributed by atoms with E-state index in [1.165, 1.54) is 0 Å². The SMILES string of the molecule is CCN=C(SC)c1ccc(Cl)cc1. The van der Waals surface area contributed by atoms with Crippen LogP contribution < -0.4 is 0 Å². The number of benzene rings is 1. The zero-order valence-corrected chi connectivity index (χ0v) is 9.32. The Morgan fingerprint density at radius 3 is 2.46 bits per heavy atom. The van der Waals surface area contributed by atoms with Crippen molar-refractivity contribution < 1.29 is 0 Å². The highest BCUT2D eigenvalue weighted by molar-refractivity contribution is 8.13. The molecule has 0 unspecified atom stereocenters. The lowest BCUT2D eigenvalue weighted by molar-refractivity contribution is 1.14. The van der Waals surface area contributed by atoms with Crippen LogP contribution in [0, 0.1) is 0 Å². The second-order valence-electron chi connectivity index (χ2n) is 2.49. The van der Waals surface area contributed by atoms with Crippen molar-refractivity contribution in [1.82, 2.24) is 0 Å². The topological polar surface area (TPSA) is 12.4 Å². The zero-order valence-electron chi connectivity index (χ0n) is 7.75. The first-order chi connectivity index (χ1) is 6.27. The standard InChI is InChI=1S/C10H12ClNS/c1-3-12-10(13-2)8-4-6-9(11)7-5-8/h4-7H,3H2,1-2H3. The number of hydrogen-bond acceptors (Lipinski definition) is 2. The Morgan fingerprint density at radius 1 is 1.38 bits per heavy atom. The third kappa shape index (κ3) is 3.05. The summed E-state index contributed by atoms with van der Waals surface area (Å²) in [5, 5.41) is 1.83. The van der Waals surface area contributed by atoms with Crippen molar-refractivity contribution in [1.29, 1.82) is 0 Å². The molecular formula is C10H12ClNS. The molecule has 1 nitrogen and oxygen atoms in total. The van der Waals surface area contributed by atoms with Crippen LogP contribution in [0.4, 0.5) is 0 Å². The van der Waals surface area contributed by atoms with Crippen LogP contribution in [0.3, 0.4) is 0 Å². The van der Waals surface area contributed by atoms with Gasteiger partial charge in [0.25, 0.3) is 0 Å². The third-order valence-electron chi connectivity index (χ3n) is 1.59. The molecule has 3 heteroatoms. The number of halogens is 1. The van der Waals surface area contributed by atoms with E-state index in [1.807, 2.05) is 37.4 Å². The summed E-state index contributed by atoms with van der Waals surface area (Å²) in [5.74, 6) is 0. The lowest BCUT2D eigenvalue weighted by Crippen LogP contribution is -1.94. The molecule has 0 aliphatic heterocycles. The molecule has 0 radical (unpaired) electrons. The number of rotatable bonds is 2. The summed E-state index contributed by atoms with van der Waals surface area (Å²) in [7, 11) is 0. The van der Waals surface area contributed by atoms with Crippen molar-refractivity contribution in [2.75, 3.05) is 12.8 Å². The number of hydrogen-bond donors (Lipinski definition) is 0. The van der Waals surface area contributed by atoms with E-state index in [4.69, 9.17) is 11.6 Å².